The molecule has 1 aromatic rings. The van der Waals surface area contributed by atoms with E-state index in [1.165, 1.54) is 11.3 Å². The van der Waals surface area contributed by atoms with Gasteiger partial charge in [0.05, 0.1) is 4.88 Å². The molecule has 1 saturated heterocycles. The maximum absolute atomic E-state index is 12.0. The number of carbonyl (C=O) groups excluding carboxylic acids is 2. The van der Waals surface area contributed by atoms with Crippen molar-refractivity contribution in [3.63, 3.8) is 0 Å². The van der Waals surface area contributed by atoms with Crippen LogP contribution in [0.1, 0.15) is 36.9 Å². The topological polar surface area (TPSA) is 61.9 Å². The van der Waals surface area contributed by atoms with Gasteiger partial charge in [-0.25, -0.2) is 4.79 Å². The molecule has 2 rings (SSSR count). The molecule has 7 heteroatoms. The minimum atomic E-state index is -0.449. The summed E-state index contributed by atoms with van der Waals surface area (Å²) in [6, 6.07) is 3.71. The average Bonchev–Trinajstić information content (AvgIpc) is 3.04. The molecule has 0 radical (unpaired) electrons. The zero-order chi connectivity index (χ0) is 17.6. The quantitative estimate of drug-likeness (QED) is 0.826. The highest BCUT2D eigenvalue weighted by Crippen LogP contribution is 2.12. The highest BCUT2D eigenvalue weighted by molar-refractivity contribution is 7.12. The minimum Gasteiger partial charge on any atom is -0.444 e. The SMILES string of the molecule is CC(C)(C)OC(=O)N1CCN(CCCNC(=O)c2cccs2)CC1. The van der Waals surface area contributed by atoms with E-state index in [9.17, 15) is 9.59 Å². The molecule has 2 heterocycles. The molecule has 0 spiro atoms. The lowest BCUT2D eigenvalue weighted by Gasteiger charge is -2.35. The van der Waals surface area contributed by atoms with Crippen molar-refractivity contribution in [2.24, 2.45) is 0 Å². The Kier molecular flexibility index (Phi) is 6.62. The van der Waals surface area contributed by atoms with Crippen LogP contribution in [0.4, 0.5) is 4.79 Å². The third kappa shape index (κ3) is 6.13. The smallest absolute Gasteiger partial charge is 0.410 e. The summed E-state index contributed by atoms with van der Waals surface area (Å²) in [7, 11) is 0. The van der Waals surface area contributed by atoms with Crippen molar-refractivity contribution in [1.82, 2.24) is 15.1 Å². The second-order valence-corrected chi connectivity index (χ2v) is 7.84. The van der Waals surface area contributed by atoms with Crippen LogP contribution in [0.2, 0.25) is 0 Å². The molecule has 6 nitrogen and oxygen atoms in total. The number of hydrogen-bond donors (Lipinski definition) is 1. The summed E-state index contributed by atoms with van der Waals surface area (Å²) in [6.07, 6.45) is 0.675. The summed E-state index contributed by atoms with van der Waals surface area (Å²) in [5.41, 5.74) is -0.449. The Balaban J connectivity index is 1.60. The standard InChI is InChI=1S/C17H27N3O3S/c1-17(2,3)23-16(22)20-11-9-19(10-12-20)8-5-7-18-15(21)14-6-4-13-24-14/h4,6,13H,5,7-12H2,1-3H3,(H,18,21). The van der Waals surface area contributed by atoms with Crippen LogP contribution in [-0.4, -0.2) is 66.7 Å². The van der Waals surface area contributed by atoms with E-state index in [1.54, 1.807) is 4.90 Å². The lowest BCUT2D eigenvalue weighted by molar-refractivity contribution is 0.0144. The van der Waals surface area contributed by atoms with Crippen molar-refractivity contribution in [3.8, 4) is 0 Å². The van der Waals surface area contributed by atoms with Crippen LogP contribution in [0.3, 0.4) is 0 Å². The number of piperazine rings is 1. The summed E-state index contributed by atoms with van der Waals surface area (Å²) in [4.78, 5) is 28.7. The summed E-state index contributed by atoms with van der Waals surface area (Å²) in [5, 5.41) is 4.84. The molecule has 24 heavy (non-hydrogen) atoms. The maximum atomic E-state index is 12.0. The lowest BCUT2D eigenvalue weighted by atomic mass is 10.2. The molecule has 1 aliphatic heterocycles. The molecule has 0 saturated carbocycles. The van der Waals surface area contributed by atoms with Crippen molar-refractivity contribution < 1.29 is 14.3 Å². The summed E-state index contributed by atoms with van der Waals surface area (Å²) in [6.45, 7) is 10.3. The minimum absolute atomic E-state index is 0.000236. The van der Waals surface area contributed by atoms with Gasteiger partial charge in [0.25, 0.3) is 5.91 Å². The Morgan fingerprint density at radius 2 is 1.96 bits per heavy atom. The van der Waals surface area contributed by atoms with Gasteiger partial charge in [-0.3, -0.25) is 9.69 Å². The van der Waals surface area contributed by atoms with Crippen LogP contribution in [0, 0.1) is 0 Å². The highest BCUT2D eigenvalue weighted by atomic mass is 32.1. The van der Waals surface area contributed by atoms with Crippen LogP contribution in [0.5, 0.6) is 0 Å². The second-order valence-electron chi connectivity index (χ2n) is 6.90. The molecule has 0 atom stereocenters. The van der Waals surface area contributed by atoms with E-state index >= 15 is 0 Å². The molecular formula is C17H27N3O3S. The summed E-state index contributed by atoms with van der Waals surface area (Å²) >= 11 is 1.45. The van der Waals surface area contributed by atoms with Gasteiger partial charge in [0.2, 0.25) is 0 Å². The Hall–Kier alpha value is -1.60. The van der Waals surface area contributed by atoms with Gasteiger partial charge < -0.3 is 15.0 Å². The molecule has 134 valence electrons. The van der Waals surface area contributed by atoms with Crippen LogP contribution < -0.4 is 5.32 Å². The van der Waals surface area contributed by atoms with E-state index in [4.69, 9.17) is 4.74 Å². The van der Waals surface area contributed by atoms with Crippen LogP contribution in [0.15, 0.2) is 17.5 Å². The number of hydrogen-bond acceptors (Lipinski definition) is 5. The molecular weight excluding hydrogens is 326 g/mol. The van der Waals surface area contributed by atoms with Gasteiger partial charge in [0, 0.05) is 32.7 Å². The van der Waals surface area contributed by atoms with Crippen LogP contribution in [-0.2, 0) is 4.74 Å². The lowest BCUT2D eigenvalue weighted by Crippen LogP contribution is -2.50. The van der Waals surface area contributed by atoms with Gasteiger partial charge in [-0.05, 0) is 45.2 Å². The zero-order valence-electron chi connectivity index (χ0n) is 14.7. The zero-order valence-corrected chi connectivity index (χ0v) is 15.5. The maximum Gasteiger partial charge on any atom is 0.410 e. The number of carbonyl (C=O) groups is 2. The Morgan fingerprint density at radius 1 is 1.25 bits per heavy atom. The van der Waals surface area contributed by atoms with Crippen LogP contribution >= 0.6 is 11.3 Å². The third-order valence-electron chi connectivity index (χ3n) is 3.71. The molecule has 1 aromatic heterocycles. The number of nitrogens with one attached hydrogen (secondary N) is 1. The van der Waals surface area contributed by atoms with Gasteiger partial charge in [-0.2, -0.15) is 0 Å². The van der Waals surface area contributed by atoms with Gasteiger partial charge in [-0.1, -0.05) is 6.07 Å². The number of rotatable bonds is 5. The molecule has 1 N–H and O–H groups in total. The molecule has 0 bridgehead atoms. The largest absolute Gasteiger partial charge is 0.444 e. The average molecular weight is 353 g/mol. The second kappa shape index (κ2) is 8.48. The first-order valence-electron chi connectivity index (χ1n) is 8.37. The fraction of sp³-hybridized carbons (Fsp3) is 0.647. The first-order chi connectivity index (χ1) is 11.3. The van der Waals surface area contributed by atoms with E-state index in [-0.39, 0.29) is 12.0 Å². The molecule has 0 aromatic carbocycles. The van der Waals surface area contributed by atoms with Gasteiger partial charge in [0.15, 0.2) is 0 Å². The number of ether oxygens (including phenoxy) is 1. The van der Waals surface area contributed by atoms with Gasteiger partial charge in [-0.15, -0.1) is 11.3 Å². The molecule has 0 aliphatic carbocycles. The van der Waals surface area contributed by atoms with E-state index < -0.39 is 5.60 Å². The first kappa shape index (κ1) is 18.7. The predicted molar refractivity (Wildman–Crippen MR) is 95.5 cm³/mol. The summed E-state index contributed by atoms with van der Waals surface area (Å²) < 4.78 is 5.39. The normalized spacial score (nSPS) is 16.0. The van der Waals surface area contributed by atoms with E-state index in [0.29, 0.717) is 19.6 Å². The highest BCUT2D eigenvalue weighted by Gasteiger charge is 2.25. The van der Waals surface area contributed by atoms with Gasteiger partial charge >= 0.3 is 6.09 Å². The van der Waals surface area contributed by atoms with Gasteiger partial charge in [0.1, 0.15) is 5.60 Å². The van der Waals surface area contributed by atoms with E-state index in [1.807, 2.05) is 38.3 Å². The summed E-state index contributed by atoms with van der Waals surface area (Å²) in [5.74, 6) is -0.000236. The van der Waals surface area contributed by atoms with Crippen molar-refractivity contribution in [2.45, 2.75) is 32.8 Å². The number of amides is 2. The third-order valence-corrected chi connectivity index (χ3v) is 4.57. The monoisotopic (exact) mass is 353 g/mol. The first-order valence-corrected chi connectivity index (χ1v) is 9.25. The van der Waals surface area contributed by atoms with Crippen molar-refractivity contribution in [3.05, 3.63) is 22.4 Å². The molecule has 2 amide bonds. The Morgan fingerprint density at radius 3 is 2.54 bits per heavy atom. The fourth-order valence-corrected chi connectivity index (χ4v) is 3.12. The molecule has 1 fully saturated rings. The van der Waals surface area contributed by atoms with E-state index in [2.05, 4.69) is 10.2 Å². The van der Waals surface area contributed by atoms with E-state index in [0.717, 1.165) is 30.9 Å². The van der Waals surface area contributed by atoms with Crippen LogP contribution in [0.25, 0.3) is 0 Å². The predicted octanol–water partition coefficient (Wildman–Crippen LogP) is 2.42. The Labute approximate surface area is 147 Å². The molecule has 0 unspecified atom stereocenters. The number of thiophene rings is 1. The fourth-order valence-electron chi connectivity index (χ4n) is 2.48. The Bertz CT molecular complexity index is 532. The van der Waals surface area contributed by atoms with Crippen molar-refractivity contribution in [2.75, 3.05) is 39.3 Å². The van der Waals surface area contributed by atoms with Crippen molar-refractivity contribution in [1.29, 1.82) is 0 Å². The number of nitrogens with zero attached hydrogens (tertiary/aromatic N) is 2. The molecule has 1 aliphatic rings. The van der Waals surface area contributed by atoms with Crippen molar-refractivity contribution >= 4 is 23.3 Å².